The Hall–Kier alpha value is -1.85. The van der Waals surface area contributed by atoms with Crippen LogP contribution in [0.4, 0.5) is 5.95 Å². The Balaban J connectivity index is 1.96. The number of nitrogens with one attached hydrogen (secondary N) is 2. The van der Waals surface area contributed by atoms with E-state index in [2.05, 4.69) is 25.5 Å². The SMILES string of the molecule is CCNc1nc(OC2CCC2)c2cn[nH]c2n1. The van der Waals surface area contributed by atoms with Crippen molar-refractivity contribution in [3.8, 4) is 5.88 Å². The van der Waals surface area contributed by atoms with E-state index in [0.29, 0.717) is 23.6 Å². The molecule has 0 radical (unpaired) electrons. The van der Waals surface area contributed by atoms with Gasteiger partial charge in [-0.15, -0.1) is 0 Å². The van der Waals surface area contributed by atoms with Crippen molar-refractivity contribution in [1.29, 1.82) is 0 Å². The van der Waals surface area contributed by atoms with Gasteiger partial charge in [0.1, 0.15) is 11.5 Å². The lowest BCUT2D eigenvalue weighted by atomic mass is 9.96. The number of hydrogen-bond donors (Lipinski definition) is 2. The Kier molecular flexibility index (Phi) is 2.55. The van der Waals surface area contributed by atoms with Crippen molar-refractivity contribution < 1.29 is 4.74 Å². The van der Waals surface area contributed by atoms with Gasteiger partial charge in [0, 0.05) is 6.54 Å². The molecule has 1 aliphatic rings. The van der Waals surface area contributed by atoms with Crippen molar-refractivity contribution in [2.45, 2.75) is 32.3 Å². The summed E-state index contributed by atoms with van der Waals surface area (Å²) in [5.74, 6) is 1.21. The lowest BCUT2D eigenvalue weighted by Gasteiger charge is -2.25. The van der Waals surface area contributed by atoms with E-state index >= 15 is 0 Å². The molecule has 17 heavy (non-hydrogen) atoms. The highest BCUT2D eigenvalue weighted by Gasteiger charge is 2.21. The predicted molar refractivity (Wildman–Crippen MR) is 64.1 cm³/mol. The van der Waals surface area contributed by atoms with Gasteiger partial charge in [-0.25, -0.2) is 0 Å². The molecule has 6 heteroatoms. The second-order valence-corrected chi connectivity index (χ2v) is 4.19. The van der Waals surface area contributed by atoms with E-state index < -0.39 is 0 Å². The molecule has 0 atom stereocenters. The van der Waals surface area contributed by atoms with Crippen LogP contribution in [0.5, 0.6) is 5.88 Å². The molecule has 0 aromatic carbocycles. The van der Waals surface area contributed by atoms with Crippen molar-refractivity contribution >= 4 is 17.0 Å². The van der Waals surface area contributed by atoms with Gasteiger partial charge in [-0.05, 0) is 26.2 Å². The molecule has 1 saturated carbocycles. The van der Waals surface area contributed by atoms with E-state index in [1.807, 2.05) is 6.92 Å². The summed E-state index contributed by atoms with van der Waals surface area (Å²) in [4.78, 5) is 8.70. The van der Waals surface area contributed by atoms with Crippen molar-refractivity contribution in [2.24, 2.45) is 0 Å². The van der Waals surface area contributed by atoms with E-state index in [1.54, 1.807) is 6.20 Å². The maximum atomic E-state index is 5.86. The lowest BCUT2D eigenvalue weighted by Crippen LogP contribution is -2.25. The number of H-pyrrole nitrogens is 1. The molecule has 0 aliphatic heterocycles. The van der Waals surface area contributed by atoms with Gasteiger partial charge < -0.3 is 10.1 Å². The minimum absolute atomic E-state index is 0.303. The molecule has 0 saturated heterocycles. The highest BCUT2D eigenvalue weighted by molar-refractivity contribution is 5.80. The molecule has 2 N–H and O–H groups in total. The Bertz CT molecular complexity index is 520. The minimum Gasteiger partial charge on any atom is -0.474 e. The Morgan fingerprint density at radius 2 is 2.35 bits per heavy atom. The van der Waals surface area contributed by atoms with E-state index in [1.165, 1.54) is 6.42 Å². The summed E-state index contributed by atoms with van der Waals surface area (Å²) in [5, 5.41) is 10.8. The predicted octanol–water partition coefficient (Wildman–Crippen LogP) is 1.72. The van der Waals surface area contributed by atoms with Gasteiger partial charge in [-0.1, -0.05) is 0 Å². The molecular formula is C11H15N5O. The van der Waals surface area contributed by atoms with E-state index in [0.717, 1.165) is 24.8 Å². The number of anilines is 1. The summed E-state index contributed by atoms with van der Waals surface area (Å²) >= 11 is 0. The van der Waals surface area contributed by atoms with Gasteiger partial charge in [0.25, 0.3) is 0 Å². The molecule has 0 spiro atoms. The third kappa shape index (κ3) is 1.90. The summed E-state index contributed by atoms with van der Waals surface area (Å²) < 4.78 is 5.86. The standard InChI is InChI=1S/C11H15N5O/c1-2-12-11-14-9-8(6-13-16-9)10(15-11)17-7-4-3-5-7/h6-7H,2-5H2,1H3,(H2,12,13,14,15,16). The van der Waals surface area contributed by atoms with Crippen LogP contribution in [0.15, 0.2) is 6.20 Å². The quantitative estimate of drug-likeness (QED) is 0.840. The largest absolute Gasteiger partial charge is 0.474 e. The number of aromatic nitrogens is 4. The minimum atomic E-state index is 0.303. The summed E-state index contributed by atoms with van der Waals surface area (Å²) in [6.07, 6.45) is 5.47. The zero-order chi connectivity index (χ0) is 11.7. The maximum Gasteiger partial charge on any atom is 0.229 e. The fourth-order valence-corrected chi connectivity index (χ4v) is 1.78. The first-order valence-electron chi connectivity index (χ1n) is 5.98. The molecule has 1 aliphatic carbocycles. The van der Waals surface area contributed by atoms with Crippen LogP contribution in [0.1, 0.15) is 26.2 Å². The van der Waals surface area contributed by atoms with E-state index in [9.17, 15) is 0 Å². The Labute approximate surface area is 98.8 Å². The van der Waals surface area contributed by atoms with Gasteiger partial charge in [0.2, 0.25) is 11.8 Å². The summed E-state index contributed by atoms with van der Waals surface area (Å²) in [5.41, 5.74) is 0.713. The summed E-state index contributed by atoms with van der Waals surface area (Å²) in [6, 6.07) is 0. The normalized spacial score (nSPS) is 15.8. The molecule has 2 aromatic heterocycles. The fraction of sp³-hybridized carbons (Fsp3) is 0.545. The van der Waals surface area contributed by atoms with Crippen LogP contribution in [0.3, 0.4) is 0 Å². The topological polar surface area (TPSA) is 75.7 Å². The summed E-state index contributed by atoms with van der Waals surface area (Å²) in [6.45, 7) is 2.79. The average Bonchev–Trinajstić information content (AvgIpc) is 2.71. The number of aromatic amines is 1. The molecule has 2 aromatic rings. The number of fused-ring (bicyclic) bond motifs is 1. The Morgan fingerprint density at radius 3 is 3.06 bits per heavy atom. The molecular weight excluding hydrogens is 218 g/mol. The van der Waals surface area contributed by atoms with Crippen LogP contribution >= 0.6 is 0 Å². The van der Waals surface area contributed by atoms with Crippen molar-refractivity contribution in [1.82, 2.24) is 20.2 Å². The second-order valence-electron chi connectivity index (χ2n) is 4.19. The van der Waals surface area contributed by atoms with Crippen LogP contribution < -0.4 is 10.1 Å². The van der Waals surface area contributed by atoms with Crippen LogP contribution in [-0.2, 0) is 0 Å². The van der Waals surface area contributed by atoms with Crippen molar-refractivity contribution in [3.63, 3.8) is 0 Å². The number of hydrogen-bond acceptors (Lipinski definition) is 5. The molecule has 6 nitrogen and oxygen atoms in total. The molecule has 3 rings (SSSR count). The second kappa shape index (κ2) is 4.20. The lowest BCUT2D eigenvalue weighted by molar-refractivity contribution is 0.117. The van der Waals surface area contributed by atoms with Crippen LogP contribution in [0, 0.1) is 0 Å². The molecule has 2 heterocycles. The van der Waals surface area contributed by atoms with Gasteiger partial charge in [-0.2, -0.15) is 15.1 Å². The molecule has 90 valence electrons. The van der Waals surface area contributed by atoms with E-state index in [4.69, 9.17) is 4.74 Å². The number of nitrogens with zero attached hydrogens (tertiary/aromatic N) is 3. The highest BCUT2D eigenvalue weighted by atomic mass is 16.5. The molecule has 0 unspecified atom stereocenters. The first kappa shape index (κ1) is 10.3. The Morgan fingerprint density at radius 1 is 1.47 bits per heavy atom. The third-order valence-electron chi connectivity index (χ3n) is 2.94. The van der Waals surface area contributed by atoms with E-state index in [-0.39, 0.29) is 0 Å². The monoisotopic (exact) mass is 233 g/mol. The summed E-state index contributed by atoms with van der Waals surface area (Å²) in [7, 11) is 0. The van der Waals surface area contributed by atoms with Gasteiger partial charge >= 0.3 is 0 Å². The van der Waals surface area contributed by atoms with Gasteiger partial charge in [0.05, 0.1) is 6.20 Å². The van der Waals surface area contributed by atoms with Gasteiger partial charge in [0.15, 0.2) is 5.65 Å². The van der Waals surface area contributed by atoms with Crippen LogP contribution in [-0.4, -0.2) is 32.8 Å². The van der Waals surface area contributed by atoms with Gasteiger partial charge in [-0.3, -0.25) is 5.10 Å². The zero-order valence-electron chi connectivity index (χ0n) is 9.73. The number of ether oxygens (including phenoxy) is 1. The molecule has 0 amide bonds. The maximum absolute atomic E-state index is 5.86. The first-order valence-corrected chi connectivity index (χ1v) is 5.98. The smallest absolute Gasteiger partial charge is 0.229 e. The van der Waals surface area contributed by atoms with Crippen molar-refractivity contribution in [3.05, 3.63) is 6.20 Å². The zero-order valence-corrected chi connectivity index (χ0v) is 9.73. The first-order chi connectivity index (χ1) is 8.36. The highest BCUT2D eigenvalue weighted by Crippen LogP contribution is 2.28. The van der Waals surface area contributed by atoms with Crippen molar-refractivity contribution in [2.75, 3.05) is 11.9 Å². The fourth-order valence-electron chi connectivity index (χ4n) is 1.78. The van der Waals surface area contributed by atoms with Crippen LogP contribution in [0.25, 0.3) is 11.0 Å². The number of rotatable bonds is 4. The molecule has 0 bridgehead atoms. The third-order valence-corrected chi connectivity index (χ3v) is 2.94. The molecule has 1 fully saturated rings. The average molecular weight is 233 g/mol. The van der Waals surface area contributed by atoms with Crippen LogP contribution in [0.2, 0.25) is 0 Å².